The first-order valence-electron chi connectivity index (χ1n) is 7.39. The van der Waals surface area contributed by atoms with Crippen molar-refractivity contribution < 1.29 is 19.4 Å². The molecule has 0 aliphatic carbocycles. The zero-order valence-electron chi connectivity index (χ0n) is 13.6. The van der Waals surface area contributed by atoms with Crippen LogP contribution in [0.4, 0.5) is 0 Å². The van der Waals surface area contributed by atoms with Crippen LogP contribution in [0.25, 0.3) is 0 Å². The molecule has 0 heterocycles. The third-order valence-electron chi connectivity index (χ3n) is 3.45. The molecule has 0 saturated carbocycles. The van der Waals surface area contributed by atoms with Gasteiger partial charge < -0.3 is 19.4 Å². The van der Waals surface area contributed by atoms with Gasteiger partial charge in [0.2, 0.25) is 0 Å². The van der Waals surface area contributed by atoms with E-state index in [9.17, 15) is 9.90 Å². The van der Waals surface area contributed by atoms with Crippen molar-refractivity contribution in [3.8, 4) is 11.5 Å². The van der Waals surface area contributed by atoms with Gasteiger partial charge in [-0.1, -0.05) is 76.5 Å². The van der Waals surface area contributed by atoms with Crippen molar-refractivity contribution in [1.82, 2.24) is 0 Å². The third-order valence-corrected chi connectivity index (χ3v) is 5.49. The summed E-state index contributed by atoms with van der Waals surface area (Å²) in [6, 6.07) is 5.53. The summed E-state index contributed by atoms with van der Waals surface area (Å²) in [4.78, 5) is 11.5. The topological polar surface area (TPSA) is 58.6 Å². The number of carboxylic acid groups (broad SMARTS) is 1. The van der Waals surface area contributed by atoms with E-state index in [1.165, 1.54) is 24.3 Å². The minimum absolute atomic E-state index is 0.0553. The second-order valence-corrected chi connectivity index (χ2v) is 7.98. The first-order chi connectivity index (χ1) is 12.6. The number of hydrogen-bond donors (Lipinski definition) is 0. The van der Waals surface area contributed by atoms with E-state index < -0.39 is 18.0 Å². The second-order valence-electron chi connectivity index (χ2n) is 5.54. The van der Waals surface area contributed by atoms with E-state index in [1.807, 2.05) is 0 Å². The van der Waals surface area contributed by atoms with Crippen LogP contribution in [0.15, 0.2) is 24.3 Å². The number of benzene rings is 2. The Bertz CT molecular complexity index is 858. The van der Waals surface area contributed by atoms with Crippen LogP contribution >= 0.6 is 69.6 Å². The third kappa shape index (κ3) is 5.86. The molecule has 27 heavy (non-hydrogen) atoms. The van der Waals surface area contributed by atoms with E-state index in [0.717, 1.165) is 0 Å². The number of ether oxygens (including phenoxy) is 2. The molecule has 0 aromatic heterocycles. The summed E-state index contributed by atoms with van der Waals surface area (Å²) in [7, 11) is 0. The molecule has 0 radical (unpaired) electrons. The van der Waals surface area contributed by atoms with E-state index in [0.29, 0.717) is 0 Å². The molecule has 4 nitrogen and oxygen atoms in total. The molecule has 2 unspecified atom stereocenters. The lowest BCUT2D eigenvalue weighted by atomic mass is 10.1. The fourth-order valence-electron chi connectivity index (χ4n) is 2.05. The summed E-state index contributed by atoms with van der Waals surface area (Å²) in [5.41, 5.74) is 0. The van der Waals surface area contributed by atoms with Gasteiger partial charge in [-0.2, -0.15) is 0 Å². The lowest BCUT2D eigenvalue weighted by Gasteiger charge is -2.26. The molecule has 10 heteroatoms. The average molecular weight is 492 g/mol. The molecule has 0 amide bonds. The van der Waals surface area contributed by atoms with Crippen molar-refractivity contribution in [2.75, 3.05) is 6.61 Å². The Morgan fingerprint density at radius 2 is 1.30 bits per heavy atom. The molecule has 2 atom stereocenters. The quantitative estimate of drug-likeness (QED) is 0.458. The van der Waals surface area contributed by atoms with Gasteiger partial charge in [-0.25, -0.2) is 0 Å². The SMILES string of the molecule is CC(COc1cc(Cl)c(Cl)cc1Cl)C(Oc1cc(Cl)c(Cl)cc1Cl)C(=O)[O-]. The van der Waals surface area contributed by atoms with Gasteiger partial charge in [0.05, 0.1) is 42.7 Å². The summed E-state index contributed by atoms with van der Waals surface area (Å²) in [6.07, 6.45) is -1.37. The van der Waals surface area contributed by atoms with Crippen molar-refractivity contribution in [2.45, 2.75) is 13.0 Å². The molecule has 0 fully saturated rings. The molecule has 0 spiro atoms. The van der Waals surface area contributed by atoms with E-state index in [-0.39, 0.29) is 48.2 Å². The number of carbonyl (C=O) groups is 1. The number of rotatable bonds is 7. The van der Waals surface area contributed by atoms with Crippen LogP contribution in [0.1, 0.15) is 6.92 Å². The van der Waals surface area contributed by atoms with E-state index in [2.05, 4.69) is 0 Å². The van der Waals surface area contributed by atoms with Crippen LogP contribution in [0.5, 0.6) is 11.5 Å². The van der Waals surface area contributed by atoms with Crippen molar-refractivity contribution in [1.29, 1.82) is 0 Å². The van der Waals surface area contributed by atoms with Gasteiger partial charge in [0, 0.05) is 18.1 Å². The standard InChI is InChI=1S/C17H12Cl6O4/c1-7(6-26-14-4-10(20)8(18)2-12(14)22)16(17(24)25)27-15-5-11(21)9(19)3-13(15)23/h2-5,7,16H,6H2,1H3,(H,24,25)/p-1. The highest BCUT2D eigenvalue weighted by Gasteiger charge is 2.23. The summed E-state index contributed by atoms with van der Waals surface area (Å²) >= 11 is 35.6. The summed E-state index contributed by atoms with van der Waals surface area (Å²) < 4.78 is 11.0. The summed E-state index contributed by atoms with van der Waals surface area (Å²) in [5, 5.41) is 12.8. The largest absolute Gasteiger partial charge is 0.546 e. The highest BCUT2D eigenvalue weighted by Crippen LogP contribution is 2.36. The number of carbonyl (C=O) groups excluding carboxylic acids is 1. The number of carboxylic acids is 1. The normalized spacial score (nSPS) is 13.1. The molecule has 0 saturated heterocycles. The number of halogens is 6. The zero-order chi connectivity index (χ0) is 20.3. The van der Waals surface area contributed by atoms with E-state index >= 15 is 0 Å². The van der Waals surface area contributed by atoms with Crippen LogP contribution in [-0.4, -0.2) is 18.7 Å². The van der Waals surface area contributed by atoms with Gasteiger partial charge in [0.15, 0.2) is 0 Å². The maximum Gasteiger partial charge on any atom is 0.144 e. The second kappa shape index (κ2) is 9.64. The minimum Gasteiger partial charge on any atom is -0.546 e. The molecule has 2 aromatic carbocycles. The van der Waals surface area contributed by atoms with Gasteiger partial charge in [0.25, 0.3) is 0 Å². The van der Waals surface area contributed by atoms with Gasteiger partial charge in [-0.3, -0.25) is 0 Å². The molecule has 2 aromatic rings. The predicted molar refractivity (Wildman–Crippen MR) is 107 cm³/mol. The average Bonchev–Trinajstić information content (AvgIpc) is 2.58. The van der Waals surface area contributed by atoms with Gasteiger partial charge >= 0.3 is 0 Å². The predicted octanol–water partition coefficient (Wildman–Crippen LogP) is 5.82. The van der Waals surface area contributed by atoms with Gasteiger partial charge in [-0.15, -0.1) is 0 Å². The Morgan fingerprint density at radius 3 is 1.81 bits per heavy atom. The highest BCUT2D eigenvalue weighted by atomic mass is 35.5. The maximum atomic E-state index is 11.5. The monoisotopic (exact) mass is 489 g/mol. The highest BCUT2D eigenvalue weighted by molar-refractivity contribution is 6.44. The molecule has 0 aliphatic rings. The van der Waals surface area contributed by atoms with E-state index in [4.69, 9.17) is 79.1 Å². The van der Waals surface area contributed by atoms with Crippen LogP contribution in [-0.2, 0) is 4.79 Å². The fraction of sp³-hybridized carbons (Fsp3) is 0.235. The van der Waals surface area contributed by atoms with Crippen LogP contribution in [0.2, 0.25) is 30.1 Å². The molecule has 2 rings (SSSR count). The lowest BCUT2D eigenvalue weighted by Crippen LogP contribution is -2.45. The van der Waals surface area contributed by atoms with Crippen molar-refractivity contribution >= 4 is 75.6 Å². The molecule has 0 N–H and O–H groups in total. The maximum absolute atomic E-state index is 11.5. The molecule has 146 valence electrons. The smallest absolute Gasteiger partial charge is 0.144 e. The summed E-state index contributed by atoms with van der Waals surface area (Å²) in [5.74, 6) is -1.79. The fourth-order valence-corrected chi connectivity index (χ4v) is 3.22. The Balaban J connectivity index is 2.14. The minimum atomic E-state index is -1.45. The first kappa shape index (κ1) is 22.5. The lowest BCUT2D eigenvalue weighted by molar-refractivity contribution is -0.315. The Hall–Kier alpha value is -0.750. The van der Waals surface area contributed by atoms with Crippen LogP contribution < -0.4 is 14.6 Å². The van der Waals surface area contributed by atoms with Crippen LogP contribution in [0, 0.1) is 5.92 Å². The summed E-state index contributed by atoms with van der Waals surface area (Å²) in [6.45, 7) is 1.53. The molecular weight excluding hydrogens is 481 g/mol. The number of aliphatic carboxylic acids is 1. The molecular formula is C17H11Cl6O4-. The van der Waals surface area contributed by atoms with Crippen molar-refractivity contribution in [3.63, 3.8) is 0 Å². The van der Waals surface area contributed by atoms with E-state index in [1.54, 1.807) is 6.92 Å². The number of hydrogen-bond acceptors (Lipinski definition) is 4. The van der Waals surface area contributed by atoms with Crippen LogP contribution in [0.3, 0.4) is 0 Å². The van der Waals surface area contributed by atoms with Crippen molar-refractivity contribution in [2.24, 2.45) is 5.92 Å². The zero-order valence-corrected chi connectivity index (χ0v) is 18.1. The van der Waals surface area contributed by atoms with Gasteiger partial charge in [0.1, 0.15) is 17.6 Å². The molecule has 0 bridgehead atoms. The first-order valence-corrected chi connectivity index (χ1v) is 9.66. The van der Waals surface area contributed by atoms with Crippen molar-refractivity contribution in [3.05, 3.63) is 54.4 Å². The Kier molecular flexibility index (Phi) is 8.05. The molecule has 0 aliphatic heterocycles. The Morgan fingerprint density at radius 1 is 0.852 bits per heavy atom. The van der Waals surface area contributed by atoms with Gasteiger partial charge in [-0.05, 0) is 12.1 Å². The Labute approximate surface area is 185 Å².